The van der Waals surface area contributed by atoms with Crippen LogP contribution in [0.4, 0.5) is 8.78 Å². The summed E-state index contributed by atoms with van der Waals surface area (Å²) in [5.41, 5.74) is 0. The van der Waals surface area contributed by atoms with E-state index >= 15 is 0 Å². The molecule has 1 aromatic rings. The van der Waals surface area contributed by atoms with Gasteiger partial charge in [0, 0.05) is 12.1 Å². The lowest BCUT2D eigenvalue weighted by atomic mass is 10.3. The Balaban J connectivity index is 2.85. The van der Waals surface area contributed by atoms with Gasteiger partial charge in [-0.25, -0.2) is 8.78 Å². The number of hydrogen-bond donors (Lipinski definition) is 0. The molecule has 3 heteroatoms. The lowest BCUT2D eigenvalue weighted by Gasteiger charge is -2.08. The fraction of sp³-hybridized carbons (Fsp3) is 0.333. The average Bonchev–Trinajstić information content (AvgIpc) is 1.81. The van der Waals surface area contributed by atoms with E-state index in [9.17, 15) is 8.78 Å². The standard InChI is InChI=1S/C9H9F2O/c1-6(2)12-9-4-7(10)3-8(11)5-9/h3-4,6H,1-2H3. The van der Waals surface area contributed by atoms with Gasteiger partial charge in [0.15, 0.2) is 0 Å². The maximum Gasteiger partial charge on any atom is 0.137 e. The highest BCUT2D eigenvalue weighted by Gasteiger charge is 2.03. The number of ether oxygens (including phenoxy) is 1. The Hall–Kier alpha value is -1.12. The predicted octanol–water partition coefficient (Wildman–Crippen LogP) is 2.55. The summed E-state index contributed by atoms with van der Waals surface area (Å²) in [6.07, 6.45) is -0.109. The molecule has 0 N–H and O–H groups in total. The highest BCUT2D eigenvalue weighted by molar-refractivity contribution is 5.22. The molecule has 1 nitrogen and oxygen atoms in total. The van der Waals surface area contributed by atoms with Crippen LogP contribution in [0.15, 0.2) is 12.1 Å². The number of hydrogen-bond acceptors (Lipinski definition) is 1. The Kier molecular flexibility index (Phi) is 2.63. The quantitative estimate of drug-likeness (QED) is 0.664. The number of rotatable bonds is 2. The average molecular weight is 171 g/mol. The van der Waals surface area contributed by atoms with Crippen molar-refractivity contribution < 1.29 is 13.5 Å². The van der Waals surface area contributed by atoms with Crippen LogP contribution in [0.5, 0.6) is 5.75 Å². The maximum atomic E-state index is 12.5. The lowest BCUT2D eigenvalue weighted by Crippen LogP contribution is -2.06. The van der Waals surface area contributed by atoms with E-state index in [4.69, 9.17) is 4.74 Å². The summed E-state index contributed by atoms with van der Waals surface area (Å²) >= 11 is 0. The van der Waals surface area contributed by atoms with Gasteiger partial charge in [0.1, 0.15) is 17.4 Å². The zero-order valence-corrected chi connectivity index (χ0v) is 6.90. The van der Waals surface area contributed by atoms with Gasteiger partial charge in [-0.3, -0.25) is 0 Å². The molecule has 0 aliphatic rings. The summed E-state index contributed by atoms with van der Waals surface area (Å²) in [6.45, 7) is 3.55. The van der Waals surface area contributed by atoms with Crippen LogP contribution in [0.3, 0.4) is 0 Å². The van der Waals surface area contributed by atoms with Gasteiger partial charge in [0.2, 0.25) is 0 Å². The summed E-state index contributed by atoms with van der Waals surface area (Å²) in [5, 5.41) is 0. The first kappa shape index (κ1) is 8.97. The van der Waals surface area contributed by atoms with Gasteiger partial charge in [0.25, 0.3) is 0 Å². The van der Waals surface area contributed by atoms with Gasteiger partial charge >= 0.3 is 0 Å². The highest BCUT2D eigenvalue weighted by atomic mass is 19.1. The van der Waals surface area contributed by atoms with Crippen molar-refractivity contribution in [2.45, 2.75) is 20.0 Å². The molecule has 0 saturated heterocycles. The monoisotopic (exact) mass is 171 g/mol. The third-order valence-corrected chi connectivity index (χ3v) is 1.14. The van der Waals surface area contributed by atoms with Crippen molar-refractivity contribution in [3.05, 3.63) is 29.8 Å². The van der Waals surface area contributed by atoms with Crippen LogP contribution in [0.2, 0.25) is 0 Å². The van der Waals surface area contributed by atoms with E-state index in [1.54, 1.807) is 13.8 Å². The molecule has 0 unspecified atom stereocenters. The molecule has 0 aliphatic heterocycles. The van der Waals surface area contributed by atoms with E-state index < -0.39 is 11.6 Å². The molecule has 1 aromatic carbocycles. The minimum atomic E-state index is -0.745. The van der Waals surface area contributed by atoms with Gasteiger partial charge in [-0.2, -0.15) is 0 Å². The van der Waals surface area contributed by atoms with Gasteiger partial charge in [-0.1, -0.05) is 0 Å². The molecule has 1 radical (unpaired) electrons. The molecular weight excluding hydrogens is 162 g/mol. The molecule has 0 saturated carbocycles. The predicted molar refractivity (Wildman–Crippen MR) is 41.0 cm³/mol. The van der Waals surface area contributed by atoms with Crippen LogP contribution in [0, 0.1) is 17.7 Å². The summed E-state index contributed by atoms with van der Waals surface area (Å²) in [7, 11) is 0. The van der Waals surface area contributed by atoms with Crippen molar-refractivity contribution in [1.29, 1.82) is 0 Å². The molecule has 1 rings (SSSR count). The fourth-order valence-electron chi connectivity index (χ4n) is 0.795. The van der Waals surface area contributed by atoms with Gasteiger partial charge in [0.05, 0.1) is 12.2 Å². The van der Waals surface area contributed by atoms with Crippen LogP contribution in [-0.2, 0) is 0 Å². The van der Waals surface area contributed by atoms with E-state index in [-0.39, 0.29) is 11.9 Å². The van der Waals surface area contributed by atoms with Crippen molar-refractivity contribution in [3.8, 4) is 5.75 Å². The Morgan fingerprint density at radius 2 is 2.00 bits per heavy atom. The Morgan fingerprint density at radius 1 is 1.33 bits per heavy atom. The van der Waals surface area contributed by atoms with Crippen LogP contribution in [-0.4, -0.2) is 6.10 Å². The Labute approximate surface area is 70.0 Å². The van der Waals surface area contributed by atoms with E-state index in [1.807, 2.05) is 0 Å². The summed E-state index contributed by atoms with van der Waals surface area (Å²) < 4.78 is 30.1. The van der Waals surface area contributed by atoms with E-state index in [1.165, 1.54) is 0 Å². The normalized spacial score (nSPS) is 10.4. The second-order valence-electron chi connectivity index (χ2n) is 2.68. The summed E-state index contributed by atoms with van der Waals surface area (Å²) in [4.78, 5) is 0. The van der Waals surface area contributed by atoms with E-state index in [0.717, 1.165) is 12.1 Å². The Morgan fingerprint density at radius 3 is 2.50 bits per heavy atom. The number of benzene rings is 1. The van der Waals surface area contributed by atoms with Crippen LogP contribution in [0.1, 0.15) is 13.8 Å². The zero-order valence-electron chi connectivity index (χ0n) is 6.90. The third kappa shape index (κ3) is 2.49. The minimum absolute atomic E-state index is 0.0995. The van der Waals surface area contributed by atoms with Crippen molar-refractivity contribution in [1.82, 2.24) is 0 Å². The Bertz CT molecular complexity index is 251. The lowest BCUT2D eigenvalue weighted by molar-refractivity contribution is 0.239. The molecule has 0 atom stereocenters. The highest BCUT2D eigenvalue weighted by Crippen LogP contribution is 2.15. The van der Waals surface area contributed by atoms with Gasteiger partial charge < -0.3 is 4.74 Å². The first-order valence-electron chi connectivity index (χ1n) is 3.63. The third-order valence-electron chi connectivity index (χ3n) is 1.14. The van der Waals surface area contributed by atoms with Gasteiger partial charge in [-0.15, -0.1) is 0 Å². The zero-order chi connectivity index (χ0) is 9.14. The summed E-state index contributed by atoms with van der Waals surface area (Å²) in [5.74, 6) is -1.30. The van der Waals surface area contributed by atoms with Crippen molar-refractivity contribution in [2.75, 3.05) is 0 Å². The molecule has 0 spiro atoms. The second kappa shape index (κ2) is 3.52. The molecular formula is C9H9F2O. The molecule has 12 heavy (non-hydrogen) atoms. The molecule has 0 aliphatic carbocycles. The molecule has 0 bridgehead atoms. The first-order chi connectivity index (χ1) is 5.58. The van der Waals surface area contributed by atoms with E-state index in [2.05, 4.69) is 6.07 Å². The number of halogens is 2. The van der Waals surface area contributed by atoms with Crippen LogP contribution >= 0.6 is 0 Å². The van der Waals surface area contributed by atoms with Gasteiger partial charge in [-0.05, 0) is 13.8 Å². The summed E-state index contributed by atoms with van der Waals surface area (Å²) in [6, 6.07) is 4.11. The minimum Gasteiger partial charge on any atom is -0.490 e. The molecule has 0 aromatic heterocycles. The van der Waals surface area contributed by atoms with E-state index in [0.29, 0.717) is 0 Å². The molecule has 0 amide bonds. The van der Waals surface area contributed by atoms with Crippen LogP contribution < -0.4 is 4.74 Å². The SMILES string of the molecule is CC(C)Oc1[c]c(F)cc(F)c1. The molecule has 65 valence electrons. The fourth-order valence-corrected chi connectivity index (χ4v) is 0.795. The topological polar surface area (TPSA) is 9.23 Å². The van der Waals surface area contributed by atoms with Crippen molar-refractivity contribution in [3.63, 3.8) is 0 Å². The molecule has 0 fully saturated rings. The van der Waals surface area contributed by atoms with Crippen molar-refractivity contribution in [2.24, 2.45) is 0 Å². The maximum absolute atomic E-state index is 12.5. The smallest absolute Gasteiger partial charge is 0.137 e. The molecule has 0 heterocycles. The first-order valence-corrected chi connectivity index (χ1v) is 3.63. The largest absolute Gasteiger partial charge is 0.490 e. The van der Waals surface area contributed by atoms with Crippen molar-refractivity contribution >= 4 is 0 Å². The second-order valence-corrected chi connectivity index (χ2v) is 2.68. The van der Waals surface area contributed by atoms with Crippen LogP contribution in [0.25, 0.3) is 0 Å².